The van der Waals surface area contributed by atoms with E-state index in [-0.39, 0.29) is 36.7 Å². The number of nitrogens with two attached hydrogens (primary N) is 2. The lowest BCUT2D eigenvalue weighted by molar-refractivity contribution is -0.142. The van der Waals surface area contributed by atoms with Gasteiger partial charge in [0, 0.05) is 22.3 Å². The summed E-state index contributed by atoms with van der Waals surface area (Å²) in [5.41, 5.74) is 15.9. The van der Waals surface area contributed by atoms with E-state index in [4.69, 9.17) is 25.9 Å². The molecule has 4 N–H and O–H groups in total. The van der Waals surface area contributed by atoms with Crippen LogP contribution in [0.25, 0.3) is 21.7 Å². The number of aryl methyl sites for hydroxylation is 1. The molecule has 0 saturated carbocycles. The maximum atomic E-state index is 11.1. The number of hydrogen-bond donors (Lipinski definition) is 2. The second-order valence-corrected chi connectivity index (χ2v) is 10.1. The van der Waals surface area contributed by atoms with Gasteiger partial charge in [-0.25, -0.2) is 9.97 Å². The van der Waals surface area contributed by atoms with Gasteiger partial charge in [0.2, 0.25) is 0 Å². The van der Waals surface area contributed by atoms with Gasteiger partial charge in [-0.15, -0.1) is 11.3 Å². The highest BCUT2D eigenvalue weighted by atomic mass is 32.2. The number of carbonyl (C=O) groups is 1. The van der Waals surface area contributed by atoms with Crippen molar-refractivity contribution in [2.24, 2.45) is 5.73 Å². The predicted molar refractivity (Wildman–Crippen MR) is 151 cm³/mol. The molecule has 0 spiro atoms. The summed E-state index contributed by atoms with van der Waals surface area (Å²) in [6, 6.07) is 19.4. The third kappa shape index (κ3) is 6.72. The van der Waals surface area contributed by atoms with Crippen LogP contribution in [0, 0.1) is 29.6 Å². The summed E-state index contributed by atoms with van der Waals surface area (Å²) in [5, 5.41) is 23.2. The number of carbonyl (C=O) groups excluding carboxylic acids is 1. The minimum Gasteiger partial charge on any atom is -0.490 e. The quantitative estimate of drug-likeness (QED) is 0.159. The van der Waals surface area contributed by atoms with E-state index in [0.29, 0.717) is 27.7 Å². The van der Waals surface area contributed by atoms with Gasteiger partial charge in [0.25, 0.3) is 0 Å². The first-order chi connectivity index (χ1) is 18.9. The largest absolute Gasteiger partial charge is 0.490 e. The number of rotatable bonds is 10. The average Bonchev–Trinajstić information content (AvgIpc) is 3.43. The van der Waals surface area contributed by atoms with Crippen molar-refractivity contribution in [2.75, 3.05) is 25.5 Å². The minimum atomic E-state index is -0.507. The molecule has 0 aliphatic heterocycles. The van der Waals surface area contributed by atoms with Crippen molar-refractivity contribution in [1.29, 1.82) is 10.5 Å². The first kappa shape index (κ1) is 27.6. The van der Waals surface area contributed by atoms with Crippen molar-refractivity contribution in [3.63, 3.8) is 0 Å². The fourth-order valence-electron chi connectivity index (χ4n) is 3.63. The Labute approximate surface area is 234 Å². The molecule has 0 bridgehead atoms. The van der Waals surface area contributed by atoms with Crippen molar-refractivity contribution in [3.8, 4) is 39.6 Å². The number of pyridine rings is 1. The van der Waals surface area contributed by atoms with Crippen LogP contribution < -0.4 is 16.2 Å². The maximum absolute atomic E-state index is 11.1. The lowest BCUT2D eigenvalue weighted by atomic mass is 9.97. The second-order valence-electron chi connectivity index (χ2n) is 8.25. The number of anilines is 1. The summed E-state index contributed by atoms with van der Waals surface area (Å²) in [6.07, 6.45) is 0. The predicted octanol–water partition coefficient (Wildman–Crippen LogP) is 4.68. The molecule has 0 radical (unpaired) electrons. The molecule has 39 heavy (non-hydrogen) atoms. The Bertz CT molecular complexity index is 1550. The number of nitriles is 2. The molecule has 0 aliphatic carbocycles. The number of benzene rings is 2. The fourth-order valence-corrected chi connectivity index (χ4v) is 5.45. The number of aromatic nitrogens is 2. The molecule has 4 aromatic rings. The maximum Gasteiger partial charge on any atom is 0.319 e. The van der Waals surface area contributed by atoms with Crippen molar-refractivity contribution >= 4 is 34.9 Å². The summed E-state index contributed by atoms with van der Waals surface area (Å²) >= 11 is 2.90. The second kappa shape index (κ2) is 12.9. The summed E-state index contributed by atoms with van der Waals surface area (Å²) in [5.74, 6) is 0.558. The highest BCUT2D eigenvalue weighted by Gasteiger charge is 2.21. The number of nitrogens with zero attached hydrogens (tertiary/aromatic N) is 4. The van der Waals surface area contributed by atoms with Crippen molar-refractivity contribution < 1.29 is 14.3 Å². The van der Waals surface area contributed by atoms with Crippen LogP contribution in [0.1, 0.15) is 22.4 Å². The van der Waals surface area contributed by atoms with Crippen molar-refractivity contribution in [1.82, 2.24) is 9.97 Å². The molecule has 0 fully saturated rings. The van der Waals surface area contributed by atoms with E-state index >= 15 is 0 Å². The average molecular weight is 557 g/mol. The van der Waals surface area contributed by atoms with Crippen LogP contribution in [0.5, 0.6) is 5.75 Å². The van der Waals surface area contributed by atoms with Crippen LogP contribution in [0.4, 0.5) is 5.82 Å². The Morgan fingerprint density at radius 1 is 1.00 bits per heavy atom. The molecule has 11 heteroatoms. The first-order valence-electron chi connectivity index (χ1n) is 11.8. The van der Waals surface area contributed by atoms with E-state index in [1.807, 2.05) is 36.6 Å². The zero-order valence-electron chi connectivity index (χ0n) is 21.0. The molecule has 4 rings (SSSR count). The lowest BCUT2D eigenvalue weighted by Crippen LogP contribution is -2.19. The Morgan fingerprint density at radius 3 is 2.36 bits per heavy atom. The van der Waals surface area contributed by atoms with E-state index in [2.05, 4.69) is 17.1 Å². The van der Waals surface area contributed by atoms with Gasteiger partial charge in [0.1, 0.15) is 52.5 Å². The summed E-state index contributed by atoms with van der Waals surface area (Å²) < 4.78 is 10.5. The number of hydrogen-bond acceptors (Lipinski definition) is 11. The fraction of sp³-hybridized carbons (Fsp3) is 0.179. The Morgan fingerprint density at radius 2 is 1.69 bits per heavy atom. The Hall–Kier alpha value is -4.42. The standard InChI is InChI=1S/C28H24N6O3S2/c1-17-2-4-19(5-3-17)27-33-20(15-38-27)16-39-28-23(13-30)25(22(12-29)26(32)34-28)18-6-8-21(9-7-18)36-10-11-37-24(35)14-31/h2-9,15H,10-11,14,16,31H2,1H3,(H2,32,34). The zero-order chi connectivity index (χ0) is 27.8. The van der Waals surface area contributed by atoms with E-state index in [9.17, 15) is 15.3 Å². The van der Waals surface area contributed by atoms with Crippen molar-refractivity contribution in [2.45, 2.75) is 17.7 Å². The highest BCUT2D eigenvalue weighted by molar-refractivity contribution is 7.98. The van der Waals surface area contributed by atoms with E-state index in [1.165, 1.54) is 17.3 Å². The number of esters is 1. The molecule has 0 aliphatic rings. The van der Waals surface area contributed by atoms with Gasteiger partial charge in [-0.3, -0.25) is 4.79 Å². The topological polar surface area (TPSA) is 161 Å². The molecular formula is C28H24N6O3S2. The third-order valence-corrected chi connectivity index (χ3v) is 7.50. The smallest absolute Gasteiger partial charge is 0.319 e. The molecule has 0 atom stereocenters. The molecule has 0 amide bonds. The molecule has 2 heterocycles. The van der Waals surface area contributed by atoms with E-state index < -0.39 is 5.97 Å². The van der Waals surface area contributed by atoms with Crippen LogP contribution in [-0.2, 0) is 15.3 Å². The zero-order valence-corrected chi connectivity index (χ0v) is 22.6. The van der Waals surface area contributed by atoms with Crippen LogP contribution in [0.3, 0.4) is 0 Å². The summed E-state index contributed by atoms with van der Waals surface area (Å²) in [6.45, 7) is 2.08. The number of nitrogen functional groups attached to an aromatic ring is 1. The number of thioether (sulfide) groups is 1. The number of ether oxygens (including phenoxy) is 2. The Balaban J connectivity index is 1.54. The first-order valence-corrected chi connectivity index (χ1v) is 13.7. The molecule has 2 aromatic carbocycles. The molecule has 196 valence electrons. The van der Waals surface area contributed by atoms with Crippen LogP contribution >= 0.6 is 23.1 Å². The normalized spacial score (nSPS) is 10.5. The van der Waals surface area contributed by atoms with Gasteiger partial charge in [-0.2, -0.15) is 10.5 Å². The number of thiazole rings is 1. The molecule has 9 nitrogen and oxygen atoms in total. The van der Waals surface area contributed by atoms with Crippen LogP contribution in [-0.4, -0.2) is 35.7 Å². The third-order valence-electron chi connectivity index (χ3n) is 5.55. The molecule has 2 aromatic heterocycles. The molecular weight excluding hydrogens is 532 g/mol. The minimum absolute atomic E-state index is 0.0506. The van der Waals surface area contributed by atoms with E-state index in [0.717, 1.165) is 16.3 Å². The SMILES string of the molecule is Cc1ccc(-c2nc(CSc3nc(N)c(C#N)c(-c4ccc(OCCOC(=O)CN)cc4)c3C#N)cs2)cc1. The lowest BCUT2D eigenvalue weighted by Gasteiger charge is -2.13. The van der Waals surface area contributed by atoms with Gasteiger partial charge in [0.05, 0.1) is 17.8 Å². The summed E-state index contributed by atoms with van der Waals surface area (Å²) in [7, 11) is 0. The van der Waals surface area contributed by atoms with E-state index in [1.54, 1.807) is 35.6 Å². The highest BCUT2D eigenvalue weighted by Crippen LogP contribution is 2.37. The molecule has 0 unspecified atom stereocenters. The van der Waals surface area contributed by atoms with Gasteiger partial charge in [-0.05, 0) is 24.6 Å². The molecule has 0 saturated heterocycles. The van der Waals surface area contributed by atoms with Crippen LogP contribution in [0.15, 0.2) is 58.9 Å². The van der Waals surface area contributed by atoms with Crippen LogP contribution in [0.2, 0.25) is 0 Å². The van der Waals surface area contributed by atoms with Crippen molar-refractivity contribution in [3.05, 3.63) is 76.3 Å². The van der Waals surface area contributed by atoms with Gasteiger partial charge in [0.15, 0.2) is 0 Å². The monoisotopic (exact) mass is 556 g/mol. The Kier molecular flexibility index (Phi) is 9.13. The van der Waals surface area contributed by atoms with Gasteiger partial charge >= 0.3 is 5.97 Å². The van der Waals surface area contributed by atoms with Gasteiger partial charge < -0.3 is 20.9 Å². The summed E-state index contributed by atoms with van der Waals surface area (Å²) in [4.78, 5) is 20.2. The van der Waals surface area contributed by atoms with Gasteiger partial charge in [-0.1, -0.05) is 53.7 Å².